The second kappa shape index (κ2) is 5.72. The number of aromatic nitrogens is 1. The third-order valence-electron chi connectivity index (χ3n) is 2.62. The topological polar surface area (TPSA) is 86.9 Å². The van der Waals surface area contributed by atoms with Crippen LogP contribution in [0.1, 0.15) is 15.5 Å². The number of aromatic carboxylic acids is 1. The number of hydrogen-bond acceptors (Lipinski definition) is 6. The van der Waals surface area contributed by atoms with Crippen molar-refractivity contribution in [3.05, 3.63) is 32.2 Å². The van der Waals surface area contributed by atoms with Gasteiger partial charge in [0.2, 0.25) is 5.01 Å². The zero-order valence-electron chi connectivity index (χ0n) is 10.1. The number of rotatable bonds is 4. The molecule has 0 spiro atoms. The quantitative estimate of drug-likeness (QED) is 0.717. The van der Waals surface area contributed by atoms with E-state index >= 15 is 0 Å². The van der Waals surface area contributed by atoms with Gasteiger partial charge in [0.05, 0.1) is 39.3 Å². The van der Waals surface area contributed by atoms with Crippen LogP contribution in [0.15, 0.2) is 20.2 Å². The number of benzene rings is 1. The van der Waals surface area contributed by atoms with Crippen LogP contribution in [0.25, 0.3) is 0 Å². The molecule has 6 nitrogen and oxygen atoms in total. The smallest absolute Gasteiger partial charge is 0.365 e. The maximum Gasteiger partial charge on any atom is 0.365 e. The number of anilines is 1. The van der Waals surface area contributed by atoms with Crippen molar-refractivity contribution < 1.29 is 9.90 Å². The van der Waals surface area contributed by atoms with Gasteiger partial charge in [-0.25, -0.2) is 9.78 Å². The van der Waals surface area contributed by atoms with Gasteiger partial charge in [0.25, 0.3) is 0 Å². The van der Waals surface area contributed by atoms with Crippen molar-refractivity contribution in [3.8, 4) is 0 Å². The first-order valence-electron chi connectivity index (χ1n) is 5.58. The Bertz CT molecular complexity index is 815. The fraction of sp³-hybridized carbons (Fsp3) is 0.0909. The molecule has 108 valence electrons. The number of carbonyl (C=O) groups is 1. The molecule has 0 atom stereocenters. The maximum absolute atomic E-state index is 10.8. The summed E-state index contributed by atoms with van der Waals surface area (Å²) in [6.45, 7) is 0.331. The zero-order chi connectivity index (χ0) is 15.0. The average molecular weight is 361 g/mol. The van der Waals surface area contributed by atoms with Gasteiger partial charge in [-0.3, -0.25) is 0 Å². The van der Waals surface area contributed by atoms with E-state index in [1.165, 1.54) is 0 Å². The highest BCUT2D eigenvalue weighted by molar-refractivity contribution is 7.58. The van der Waals surface area contributed by atoms with Crippen LogP contribution in [0.2, 0.25) is 10.0 Å². The third kappa shape index (κ3) is 2.80. The standard InChI is InChI=1S/C11H6Cl2N4O2S2/c12-5-1-6(13)8-9(17-21-16-8)7(5)14-2-4-3-20-10(15-4)11(18)19/h1,3,14H,2H2,(H,18,19). The minimum Gasteiger partial charge on any atom is -0.476 e. The molecule has 0 amide bonds. The number of carboxylic acids is 1. The molecule has 2 N–H and O–H groups in total. The van der Waals surface area contributed by atoms with Crippen LogP contribution in [0.3, 0.4) is 0 Å². The van der Waals surface area contributed by atoms with Gasteiger partial charge in [0, 0.05) is 5.38 Å². The Labute approximate surface area is 136 Å². The Morgan fingerprint density at radius 1 is 1.29 bits per heavy atom. The van der Waals surface area contributed by atoms with Crippen molar-refractivity contribution in [3.63, 3.8) is 0 Å². The number of nitrogens with zero attached hydrogens (tertiary/aromatic N) is 3. The van der Waals surface area contributed by atoms with Crippen LogP contribution in [0.5, 0.6) is 0 Å². The molecular formula is C11H6Cl2N4O2S2. The summed E-state index contributed by atoms with van der Waals surface area (Å²) in [5.41, 5.74) is 2.39. The van der Waals surface area contributed by atoms with Crippen LogP contribution >= 0.6 is 34.5 Å². The molecule has 1 aliphatic rings. The molecular weight excluding hydrogens is 355 g/mol. The first-order chi connectivity index (χ1) is 10.1. The maximum atomic E-state index is 10.8. The zero-order valence-corrected chi connectivity index (χ0v) is 13.3. The molecule has 0 aliphatic carbocycles. The molecule has 10 heteroatoms. The molecule has 0 saturated heterocycles. The Hall–Kier alpha value is -1.48. The average Bonchev–Trinajstić information content (AvgIpc) is 3.06. The summed E-state index contributed by atoms with van der Waals surface area (Å²) >= 11 is 14.3. The van der Waals surface area contributed by atoms with Gasteiger partial charge < -0.3 is 10.4 Å². The summed E-state index contributed by atoms with van der Waals surface area (Å²) in [5.74, 6) is -1.04. The molecule has 1 aliphatic heterocycles. The predicted octanol–water partition coefficient (Wildman–Crippen LogP) is 4.49. The largest absolute Gasteiger partial charge is 0.476 e. The lowest BCUT2D eigenvalue weighted by Gasteiger charge is -2.10. The van der Waals surface area contributed by atoms with Gasteiger partial charge in [0.15, 0.2) is 0 Å². The number of hydrogen-bond donors (Lipinski definition) is 2. The minimum absolute atomic E-state index is 0.0504. The summed E-state index contributed by atoms with van der Waals surface area (Å²) in [6, 6.07) is 1.60. The van der Waals surface area contributed by atoms with Crippen LogP contribution in [-0.4, -0.2) is 16.1 Å². The summed E-state index contributed by atoms with van der Waals surface area (Å²) < 4.78 is 8.28. The summed E-state index contributed by atoms with van der Waals surface area (Å²) in [4.78, 5) is 14.8. The number of fused-ring (bicyclic) bond motifs is 1. The van der Waals surface area contributed by atoms with Crippen molar-refractivity contribution in [1.82, 2.24) is 4.98 Å². The molecule has 21 heavy (non-hydrogen) atoms. The van der Waals surface area contributed by atoms with Gasteiger partial charge >= 0.3 is 5.97 Å². The van der Waals surface area contributed by atoms with E-state index in [1.807, 2.05) is 0 Å². The van der Waals surface area contributed by atoms with Gasteiger partial charge in [-0.2, -0.15) is 8.73 Å². The van der Waals surface area contributed by atoms with E-state index in [4.69, 9.17) is 28.3 Å². The van der Waals surface area contributed by atoms with E-state index in [0.29, 0.717) is 39.3 Å². The van der Waals surface area contributed by atoms with Crippen LogP contribution in [0, 0.1) is 0 Å². The SMILES string of the molecule is O=C(O)c1nc(CNc2c(Cl)cc(Cl)c3c2N=S=N3)cs1. The van der Waals surface area contributed by atoms with Gasteiger partial charge in [-0.1, -0.05) is 23.2 Å². The Balaban J connectivity index is 1.84. The van der Waals surface area contributed by atoms with E-state index in [1.54, 1.807) is 11.4 Å². The Morgan fingerprint density at radius 2 is 2.05 bits per heavy atom. The monoisotopic (exact) mass is 360 g/mol. The van der Waals surface area contributed by atoms with Crippen molar-refractivity contribution in [1.29, 1.82) is 0 Å². The van der Waals surface area contributed by atoms with Crippen molar-refractivity contribution in [2.24, 2.45) is 8.73 Å². The lowest BCUT2D eigenvalue weighted by molar-refractivity contribution is 0.0696. The molecule has 0 radical (unpaired) electrons. The lowest BCUT2D eigenvalue weighted by Crippen LogP contribution is -2.02. The fourth-order valence-electron chi connectivity index (χ4n) is 1.71. The molecule has 1 aromatic heterocycles. The molecule has 3 rings (SSSR count). The van der Waals surface area contributed by atoms with Crippen LogP contribution < -0.4 is 5.32 Å². The minimum atomic E-state index is -1.04. The van der Waals surface area contributed by atoms with Gasteiger partial charge in [-0.05, 0) is 6.07 Å². The number of halogens is 2. The van der Waals surface area contributed by atoms with Gasteiger partial charge in [-0.15, -0.1) is 11.3 Å². The highest BCUT2D eigenvalue weighted by atomic mass is 35.5. The Morgan fingerprint density at radius 3 is 2.76 bits per heavy atom. The molecule has 0 fully saturated rings. The molecule has 0 saturated carbocycles. The van der Waals surface area contributed by atoms with E-state index in [9.17, 15) is 4.79 Å². The number of nitrogens with one attached hydrogen (secondary N) is 1. The van der Waals surface area contributed by atoms with Crippen molar-refractivity contribution in [2.75, 3.05) is 5.32 Å². The molecule has 0 unspecified atom stereocenters. The van der Waals surface area contributed by atoms with Crippen molar-refractivity contribution >= 4 is 68.9 Å². The first-order valence-corrected chi connectivity index (χ1v) is 7.94. The van der Waals surface area contributed by atoms with E-state index < -0.39 is 5.97 Å². The predicted molar refractivity (Wildman–Crippen MR) is 84.4 cm³/mol. The van der Waals surface area contributed by atoms with Crippen LogP contribution in [-0.2, 0) is 17.9 Å². The van der Waals surface area contributed by atoms with Crippen molar-refractivity contribution in [2.45, 2.75) is 6.54 Å². The second-order valence-electron chi connectivity index (χ2n) is 3.98. The third-order valence-corrected chi connectivity index (χ3v) is 4.62. The van der Waals surface area contributed by atoms with Gasteiger partial charge in [0.1, 0.15) is 11.4 Å². The number of carboxylic acid groups (broad SMARTS) is 1. The molecule has 2 heterocycles. The normalized spacial score (nSPS) is 12.1. The van der Waals surface area contributed by atoms with E-state index in [0.717, 1.165) is 22.7 Å². The summed E-state index contributed by atoms with van der Waals surface area (Å²) in [7, 11) is 0. The number of thiazole rings is 1. The van der Waals surface area contributed by atoms with Crippen LogP contribution in [0.4, 0.5) is 17.1 Å². The fourth-order valence-corrected chi connectivity index (χ4v) is 3.54. The summed E-state index contributed by atoms with van der Waals surface area (Å²) in [5, 5.41) is 14.5. The van der Waals surface area contributed by atoms with E-state index in [-0.39, 0.29) is 5.01 Å². The Kier molecular flexibility index (Phi) is 3.94. The second-order valence-corrected chi connectivity index (χ2v) is 6.18. The molecule has 1 aromatic carbocycles. The first kappa shape index (κ1) is 14.5. The summed E-state index contributed by atoms with van der Waals surface area (Å²) in [6.07, 6.45) is 0. The highest BCUT2D eigenvalue weighted by Gasteiger charge is 2.19. The molecule has 2 aromatic rings. The highest BCUT2D eigenvalue weighted by Crippen LogP contribution is 2.47. The lowest BCUT2D eigenvalue weighted by atomic mass is 10.2. The molecule has 0 bridgehead atoms. The van der Waals surface area contributed by atoms with E-state index in [2.05, 4.69) is 19.0 Å².